The van der Waals surface area contributed by atoms with Crippen molar-refractivity contribution in [2.75, 3.05) is 27.6 Å². The number of methoxy groups -OCH3 is 2. The van der Waals surface area contributed by atoms with Gasteiger partial charge < -0.3 is 38.6 Å². The van der Waals surface area contributed by atoms with Gasteiger partial charge in [0, 0.05) is 13.5 Å². The molecule has 36 heavy (non-hydrogen) atoms. The molecular formula is C28H38O8. The third-order valence-electron chi connectivity index (χ3n) is 6.18. The van der Waals surface area contributed by atoms with Gasteiger partial charge in [-0.3, -0.25) is 0 Å². The Morgan fingerprint density at radius 1 is 1.03 bits per heavy atom. The Hall–Kier alpha value is -2.30. The molecule has 198 valence electrons. The van der Waals surface area contributed by atoms with E-state index in [0.29, 0.717) is 26.1 Å². The minimum atomic E-state index is -1.03. The van der Waals surface area contributed by atoms with Gasteiger partial charge in [0.05, 0.1) is 45.2 Å². The smallest absolute Gasteiger partial charge is 0.146 e. The van der Waals surface area contributed by atoms with Gasteiger partial charge in [0.25, 0.3) is 0 Å². The molecule has 1 heterocycles. The van der Waals surface area contributed by atoms with Gasteiger partial charge in [-0.05, 0) is 29.7 Å². The Bertz CT molecular complexity index is 875. The quantitative estimate of drug-likeness (QED) is 0.267. The Labute approximate surface area is 213 Å². The second-order valence-corrected chi connectivity index (χ2v) is 8.72. The minimum absolute atomic E-state index is 0.0304. The number of ether oxygens (including phenoxy) is 6. The van der Waals surface area contributed by atoms with E-state index in [9.17, 15) is 10.2 Å². The molecule has 0 saturated carbocycles. The van der Waals surface area contributed by atoms with E-state index in [1.165, 1.54) is 0 Å². The topological polar surface area (TPSA) is 95.8 Å². The van der Waals surface area contributed by atoms with Crippen LogP contribution >= 0.6 is 0 Å². The third kappa shape index (κ3) is 8.11. The Morgan fingerprint density at radius 3 is 2.39 bits per heavy atom. The molecule has 0 aliphatic carbocycles. The van der Waals surface area contributed by atoms with Crippen molar-refractivity contribution >= 4 is 0 Å². The molecule has 2 N–H and O–H groups in total. The van der Waals surface area contributed by atoms with Crippen LogP contribution in [0, 0.1) is 0 Å². The van der Waals surface area contributed by atoms with Crippen LogP contribution in [-0.2, 0) is 36.9 Å². The van der Waals surface area contributed by atoms with Crippen LogP contribution in [0.25, 0.3) is 0 Å². The molecule has 6 atom stereocenters. The van der Waals surface area contributed by atoms with Gasteiger partial charge >= 0.3 is 0 Å². The summed E-state index contributed by atoms with van der Waals surface area (Å²) in [5.41, 5.74) is 2.00. The molecule has 0 spiro atoms. The molecule has 8 nitrogen and oxygen atoms in total. The van der Waals surface area contributed by atoms with Crippen molar-refractivity contribution in [1.82, 2.24) is 0 Å². The molecule has 8 heteroatoms. The van der Waals surface area contributed by atoms with Gasteiger partial charge in [0.15, 0.2) is 0 Å². The summed E-state index contributed by atoms with van der Waals surface area (Å²) >= 11 is 0. The van der Waals surface area contributed by atoms with Crippen molar-refractivity contribution in [2.45, 2.75) is 62.7 Å². The van der Waals surface area contributed by atoms with Crippen LogP contribution in [0.15, 0.2) is 67.3 Å². The fourth-order valence-corrected chi connectivity index (χ4v) is 4.25. The Kier molecular flexibility index (Phi) is 11.8. The lowest BCUT2D eigenvalue weighted by atomic mass is 9.98. The zero-order valence-corrected chi connectivity index (χ0v) is 21.0. The van der Waals surface area contributed by atoms with E-state index >= 15 is 0 Å². The molecule has 2 aromatic rings. The van der Waals surface area contributed by atoms with Crippen LogP contribution in [0.3, 0.4) is 0 Å². The van der Waals surface area contributed by atoms with Gasteiger partial charge in [0.2, 0.25) is 0 Å². The summed E-state index contributed by atoms with van der Waals surface area (Å²) in [7, 11) is 3.18. The van der Waals surface area contributed by atoms with Crippen LogP contribution in [0.1, 0.15) is 24.0 Å². The average Bonchev–Trinajstić information content (AvgIpc) is 3.35. The first-order valence-corrected chi connectivity index (χ1v) is 12.2. The van der Waals surface area contributed by atoms with E-state index in [4.69, 9.17) is 28.4 Å². The van der Waals surface area contributed by atoms with E-state index in [1.807, 2.05) is 54.6 Å². The summed E-state index contributed by atoms with van der Waals surface area (Å²) in [6.07, 6.45) is -0.883. The summed E-state index contributed by atoms with van der Waals surface area (Å²) < 4.78 is 35.3. The Morgan fingerprint density at radius 2 is 1.75 bits per heavy atom. The van der Waals surface area contributed by atoms with Crippen molar-refractivity contribution in [3.05, 3.63) is 78.4 Å². The predicted octanol–water partition coefficient (Wildman–Crippen LogP) is 3.24. The van der Waals surface area contributed by atoms with E-state index in [0.717, 1.165) is 16.9 Å². The highest BCUT2D eigenvalue weighted by Gasteiger charge is 2.46. The van der Waals surface area contributed by atoms with E-state index in [-0.39, 0.29) is 6.79 Å². The minimum Gasteiger partial charge on any atom is -0.497 e. The molecule has 1 aliphatic heterocycles. The van der Waals surface area contributed by atoms with E-state index < -0.39 is 43.2 Å². The lowest BCUT2D eigenvalue weighted by molar-refractivity contribution is -0.196. The zero-order valence-electron chi connectivity index (χ0n) is 21.0. The maximum Gasteiger partial charge on any atom is 0.146 e. The number of benzene rings is 2. The normalized spacial score (nSPS) is 22.2. The first kappa shape index (κ1) is 28.3. The van der Waals surface area contributed by atoms with Crippen molar-refractivity contribution < 1.29 is 38.6 Å². The molecule has 0 bridgehead atoms. The molecule has 0 aromatic heterocycles. The van der Waals surface area contributed by atoms with Crippen molar-refractivity contribution in [3.8, 4) is 5.75 Å². The van der Waals surface area contributed by atoms with Gasteiger partial charge in [-0.15, -0.1) is 6.58 Å². The maximum atomic E-state index is 10.3. The van der Waals surface area contributed by atoms with Gasteiger partial charge in [0.1, 0.15) is 30.9 Å². The first-order chi connectivity index (χ1) is 17.6. The number of rotatable bonds is 16. The molecule has 1 saturated heterocycles. The van der Waals surface area contributed by atoms with Gasteiger partial charge in [-0.25, -0.2) is 0 Å². The first-order valence-electron chi connectivity index (χ1n) is 12.2. The second-order valence-electron chi connectivity index (χ2n) is 8.72. The zero-order chi connectivity index (χ0) is 25.8. The monoisotopic (exact) mass is 502 g/mol. The summed E-state index contributed by atoms with van der Waals surface area (Å²) in [5, 5.41) is 19.8. The predicted molar refractivity (Wildman–Crippen MR) is 135 cm³/mol. The molecule has 1 fully saturated rings. The van der Waals surface area contributed by atoms with Crippen molar-refractivity contribution in [3.63, 3.8) is 0 Å². The second kappa shape index (κ2) is 15.1. The van der Waals surface area contributed by atoms with Crippen molar-refractivity contribution in [2.24, 2.45) is 0 Å². The molecule has 2 aromatic carbocycles. The summed E-state index contributed by atoms with van der Waals surface area (Å²) in [6.45, 7) is 4.24. The van der Waals surface area contributed by atoms with Crippen LogP contribution in [0.2, 0.25) is 0 Å². The summed E-state index contributed by atoms with van der Waals surface area (Å²) in [5.74, 6) is 0.772. The number of hydrogen-bond acceptors (Lipinski definition) is 8. The lowest BCUT2D eigenvalue weighted by Crippen LogP contribution is -2.47. The van der Waals surface area contributed by atoms with Crippen LogP contribution in [0.4, 0.5) is 0 Å². The molecule has 0 unspecified atom stereocenters. The van der Waals surface area contributed by atoms with Crippen LogP contribution in [-0.4, -0.2) is 74.5 Å². The van der Waals surface area contributed by atoms with E-state index in [2.05, 4.69) is 6.58 Å². The molecule has 0 amide bonds. The molecule has 1 aliphatic rings. The largest absolute Gasteiger partial charge is 0.497 e. The van der Waals surface area contributed by atoms with Gasteiger partial charge in [-0.2, -0.15) is 0 Å². The third-order valence-corrected chi connectivity index (χ3v) is 6.18. The Balaban J connectivity index is 1.78. The highest BCUT2D eigenvalue weighted by molar-refractivity contribution is 5.26. The maximum absolute atomic E-state index is 10.3. The fraction of sp³-hybridized carbons (Fsp3) is 0.500. The van der Waals surface area contributed by atoms with Crippen LogP contribution < -0.4 is 4.74 Å². The number of aliphatic hydroxyl groups is 2. The van der Waals surface area contributed by atoms with Crippen LogP contribution in [0.5, 0.6) is 5.75 Å². The molecular weight excluding hydrogens is 464 g/mol. The number of aliphatic hydroxyl groups excluding tert-OH is 2. The van der Waals surface area contributed by atoms with Crippen molar-refractivity contribution in [1.29, 1.82) is 0 Å². The molecule has 3 rings (SSSR count). The standard InChI is InChI=1S/C28H38O8/c1-4-8-24(33-18-21-11-13-22(32-3)14-12-21)27(35-19-31-2)28-26(15-25(36-28)23(30)16-29)34-17-20-9-6-5-7-10-20/h4-7,9-14,23-30H,1,8,15-19H2,2-3H3/t23-,24+,25+,26-,27+,28+/m0/s1. The summed E-state index contributed by atoms with van der Waals surface area (Å²) in [4.78, 5) is 0. The SMILES string of the molecule is C=CC[C@@H](OCc1ccc(OC)cc1)[C@@H](OCOC)[C@@H]1O[C@@H]([C@@H](O)CO)C[C@@H]1OCc1ccccc1. The van der Waals surface area contributed by atoms with Gasteiger partial charge in [-0.1, -0.05) is 48.5 Å². The highest BCUT2D eigenvalue weighted by Crippen LogP contribution is 2.32. The fourth-order valence-electron chi connectivity index (χ4n) is 4.25. The molecule has 0 radical (unpaired) electrons. The summed E-state index contributed by atoms with van der Waals surface area (Å²) in [6, 6.07) is 17.5. The average molecular weight is 503 g/mol. The highest BCUT2D eigenvalue weighted by atomic mass is 16.7. The lowest BCUT2D eigenvalue weighted by Gasteiger charge is -2.33. The number of hydrogen-bond donors (Lipinski definition) is 2. The van der Waals surface area contributed by atoms with E-state index in [1.54, 1.807) is 20.3 Å².